The Balaban J connectivity index is 1.95. The summed E-state index contributed by atoms with van der Waals surface area (Å²) >= 11 is 12.6. The molecule has 3 aromatic heterocycles. The maximum Gasteiger partial charge on any atom is 0.433 e. The SMILES string of the molecule is CC(C)Oc1c(C(C)c2nc(Cl)c3c(N)nccn23)cc(Cl)c(F)c1-c1ccc(C(F)(F)F)nc1. The first kappa shape index (κ1) is 25.0. The number of hydrogen-bond donors (Lipinski definition) is 1. The molecule has 1 unspecified atom stereocenters. The van der Waals surface area contributed by atoms with Crippen LogP contribution in [0.25, 0.3) is 16.6 Å². The summed E-state index contributed by atoms with van der Waals surface area (Å²) in [5.74, 6) is -0.669. The van der Waals surface area contributed by atoms with E-state index in [1.54, 1.807) is 31.4 Å². The van der Waals surface area contributed by atoms with E-state index in [1.165, 1.54) is 12.3 Å². The topological polar surface area (TPSA) is 78.3 Å². The van der Waals surface area contributed by atoms with E-state index in [0.29, 0.717) is 16.9 Å². The summed E-state index contributed by atoms with van der Waals surface area (Å²) in [5, 5.41) is -0.116. The highest BCUT2D eigenvalue weighted by Crippen LogP contribution is 2.45. The minimum absolute atomic E-state index is 0.0709. The first-order valence-corrected chi connectivity index (χ1v) is 11.2. The number of imidazole rings is 1. The van der Waals surface area contributed by atoms with Crippen LogP contribution in [0.3, 0.4) is 0 Å². The molecule has 2 N–H and O–H groups in total. The van der Waals surface area contributed by atoms with Crippen LogP contribution in [0.4, 0.5) is 23.4 Å². The van der Waals surface area contributed by atoms with Crippen molar-refractivity contribution < 1.29 is 22.3 Å². The van der Waals surface area contributed by atoms with Crippen molar-refractivity contribution in [3.05, 3.63) is 69.9 Å². The molecule has 0 aliphatic heterocycles. The second-order valence-corrected chi connectivity index (χ2v) is 8.84. The van der Waals surface area contributed by atoms with E-state index in [-0.39, 0.29) is 32.9 Å². The zero-order valence-corrected chi connectivity index (χ0v) is 20.2. The molecule has 6 nitrogen and oxygen atoms in total. The lowest BCUT2D eigenvalue weighted by atomic mass is 9.93. The van der Waals surface area contributed by atoms with Crippen molar-refractivity contribution in [2.24, 2.45) is 0 Å². The molecule has 35 heavy (non-hydrogen) atoms. The maximum absolute atomic E-state index is 15.4. The summed E-state index contributed by atoms with van der Waals surface area (Å²) in [7, 11) is 0. The number of anilines is 1. The van der Waals surface area contributed by atoms with E-state index < -0.39 is 29.7 Å². The van der Waals surface area contributed by atoms with Gasteiger partial charge < -0.3 is 10.5 Å². The molecule has 4 aromatic rings. The first-order valence-electron chi connectivity index (χ1n) is 10.4. The Labute approximate surface area is 207 Å². The van der Waals surface area contributed by atoms with Gasteiger partial charge in [0.2, 0.25) is 0 Å². The fraction of sp³-hybridized carbons (Fsp3) is 0.261. The van der Waals surface area contributed by atoms with Crippen molar-refractivity contribution in [3.63, 3.8) is 0 Å². The number of nitrogens with two attached hydrogens (primary N) is 1. The van der Waals surface area contributed by atoms with E-state index in [2.05, 4.69) is 15.0 Å². The van der Waals surface area contributed by atoms with E-state index >= 15 is 4.39 Å². The van der Waals surface area contributed by atoms with Crippen LogP contribution in [-0.2, 0) is 6.18 Å². The van der Waals surface area contributed by atoms with Crippen molar-refractivity contribution in [2.45, 2.75) is 39.0 Å². The largest absolute Gasteiger partial charge is 0.490 e. The number of ether oxygens (including phenoxy) is 1. The van der Waals surface area contributed by atoms with E-state index in [4.69, 9.17) is 33.7 Å². The Bertz CT molecular complexity index is 1400. The molecule has 1 atom stereocenters. The van der Waals surface area contributed by atoms with Gasteiger partial charge in [0.15, 0.2) is 16.8 Å². The van der Waals surface area contributed by atoms with Crippen LogP contribution in [0.15, 0.2) is 36.8 Å². The van der Waals surface area contributed by atoms with Gasteiger partial charge in [-0.1, -0.05) is 36.2 Å². The van der Waals surface area contributed by atoms with Gasteiger partial charge in [0.1, 0.15) is 22.8 Å². The summed E-state index contributed by atoms with van der Waals surface area (Å²) in [5.41, 5.74) is 5.66. The number of benzene rings is 1. The van der Waals surface area contributed by atoms with Crippen LogP contribution < -0.4 is 10.5 Å². The second-order valence-electron chi connectivity index (χ2n) is 8.08. The molecule has 3 heterocycles. The third-order valence-electron chi connectivity index (χ3n) is 5.32. The molecule has 0 aliphatic carbocycles. The smallest absolute Gasteiger partial charge is 0.433 e. The lowest BCUT2D eigenvalue weighted by Crippen LogP contribution is -2.13. The number of nitrogens with zero attached hydrogens (tertiary/aromatic N) is 4. The fourth-order valence-electron chi connectivity index (χ4n) is 3.77. The minimum Gasteiger partial charge on any atom is -0.490 e. The average molecular weight is 528 g/mol. The standard InChI is InChI=1S/C23H19Cl2F4N5O/c1-10(2)35-19-13(11(3)22-33-20(25)18-21(30)31-6-7-34(18)22)8-14(24)17(26)16(19)12-4-5-15(32-9-12)23(27,28)29/h4-11H,1-3H3,(H2,30,31). The van der Waals surface area contributed by atoms with E-state index in [1.807, 2.05) is 0 Å². The van der Waals surface area contributed by atoms with E-state index in [9.17, 15) is 13.2 Å². The monoisotopic (exact) mass is 527 g/mol. The van der Waals surface area contributed by atoms with Crippen molar-refractivity contribution in [2.75, 3.05) is 5.73 Å². The molecule has 1 aromatic carbocycles. The highest BCUT2D eigenvalue weighted by atomic mass is 35.5. The van der Waals surface area contributed by atoms with Gasteiger partial charge in [-0.25, -0.2) is 14.4 Å². The number of halogens is 6. The minimum atomic E-state index is -4.64. The third kappa shape index (κ3) is 4.60. The summed E-state index contributed by atoms with van der Waals surface area (Å²) in [6.07, 6.45) is -0.986. The summed E-state index contributed by atoms with van der Waals surface area (Å²) in [4.78, 5) is 11.9. The molecule has 0 fully saturated rings. The maximum atomic E-state index is 15.4. The van der Waals surface area contributed by atoms with E-state index in [0.717, 1.165) is 18.3 Å². The number of fused-ring (bicyclic) bond motifs is 1. The first-order chi connectivity index (χ1) is 16.4. The van der Waals surface area contributed by atoms with Gasteiger partial charge in [0.25, 0.3) is 0 Å². The summed E-state index contributed by atoms with van der Waals surface area (Å²) in [6, 6.07) is 3.30. The van der Waals surface area contributed by atoms with Gasteiger partial charge in [-0.2, -0.15) is 13.2 Å². The Kier molecular flexibility index (Phi) is 6.54. The van der Waals surface area contributed by atoms with Gasteiger partial charge in [0.05, 0.1) is 16.7 Å². The predicted octanol–water partition coefficient (Wildman–Crippen LogP) is 6.78. The van der Waals surface area contributed by atoms with Crippen LogP contribution in [0.5, 0.6) is 5.75 Å². The van der Waals surface area contributed by atoms with Gasteiger partial charge >= 0.3 is 6.18 Å². The van der Waals surface area contributed by atoms with Crippen LogP contribution in [0.2, 0.25) is 10.2 Å². The van der Waals surface area contributed by atoms with Crippen molar-refractivity contribution >= 4 is 34.5 Å². The molecule has 0 bridgehead atoms. The zero-order valence-electron chi connectivity index (χ0n) is 18.7. The van der Waals surface area contributed by atoms with Gasteiger partial charge in [-0.05, 0) is 26.0 Å². The molecule has 4 rings (SSSR count). The Morgan fingerprint density at radius 1 is 1.11 bits per heavy atom. The van der Waals surface area contributed by atoms with Gasteiger partial charge in [-0.15, -0.1) is 0 Å². The highest BCUT2D eigenvalue weighted by molar-refractivity contribution is 6.33. The summed E-state index contributed by atoms with van der Waals surface area (Å²) in [6.45, 7) is 5.26. The average Bonchev–Trinajstić information content (AvgIpc) is 3.13. The highest BCUT2D eigenvalue weighted by Gasteiger charge is 2.33. The fourth-order valence-corrected chi connectivity index (χ4v) is 4.25. The molecule has 0 aliphatic rings. The molecular formula is C23H19Cl2F4N5O. The van der Waals surface area contributed by atoms with Crippen molar-refractivity contribution in [1.82, 2.24) is 19.4 Å². The number of rotatable bonds is 5. The van der Waals surface area contributed by atoms with Crippen LogP contribution in [0.1, 0.15) is 43.8 Å². The predicted molar refractivity (Wildman–Crippen MR) is 125 cm³/mol. The molecule has 0 saturated carbocycles. The quantitative estimate of drug-likeness (QED) is 0.289. The number of aromatic nitrogens is 4. The molecular weight excluding hydrogens is 509 g/mol. The molecule has 0 amide bonds. The Morgan fingerprint density at radius 2 is 1.83 bits per heavy atom. The second kappa shape index (κ2) is 9.16. The molecule has 0 spiro atoms. The Hall–Kier alpha value is -3.11. The molecule has 12 heteroatoms. The molecule has 0 saturated heterocycles. The number of nitrogen functional groups attached to an aromatic ring is 1. The van der Waals surface area contributed by atoms with Gasteiger partial charge in [0, 0.05) is 35.6 Å². The van der Waals surface area contributed by atoms with Gasteiger partial charge in [-0.3, -0.25) is 9.38 Å². The Morgan fingerprint density at radius 3 is 2.43 bits per heavy atom. The number of hydrogen-bond acceptors (Lipinski definition) is 5. The lowest BCUT2D eigenvalue weighted by molar-refractivity contribution is -0.141. The van der Waals surface area contributed by atoms with Crippen molar-refractivity contribution in [1.29, 1.82) is 0 Å². The number of alkyl halides is 3. The van der Waals surface area contributed by atoms with Crippen LogP contribution >= 0.6 is 23.2 Å². The van der Waals surface area contributed by atoms with Crippen LogP contribution in [-0.4, -0.2) is 25.5 Å². The van der Waals surface area contributed by atoms with Crippen LogP contribution in [0, 0.1) is 5.82 Å². The third-order valence-corrected chi connectivity index (χ3v) is 5.86. The van der Waals surface area contributed by atoms with Crippen molar-refractivity contribution in [3.8, 4) is 16.9 Å². The molecule has 0 radical (unpaired) electrons. The normalized spacial score (nSPS) is 13.0. The summed E-state index contributed by atoms with van der Waals surface area (Å²) < 4.78 is 62.1. The number of pyridine rings is 1. The lowest BCUT2D eigenvalue weighted by Gasteiger charge is -2.23. The zero-order chi connectivity index (χ0) is 25.7. The molecule has 184 valence electrons.